The average Bonchev–Trinajstić information content (AvgIpc) is 3.14. The van der Waals surface area contributed by atoms with E-state index in [9.17, 15) is 9.18 Å². The summed E-state index contributed by atoms with van der Waals surface area (Å²) >= 11 is 0. The first-order valence-electron chi connectivity index (χ1n) is 10.0. The van der Waals surface area contributed by atoms with E-state index >= 15 is 0 Å². The summed E-state index contributed by atoms with van der Waals surface area (Å²) in [4.78, 5) is 15.2. The van der Waals surface area contributed by atoms with Crippen LogP contribution in [0.1, 0.15) is 27.7 Å². The number of amides is 1. The number of fused-ring (bicyclic) bond motifs is 1. The van der Waals surface area contributed by atoms with E-state index in [2.05, 4.69) is 10.2 Å². The molecule has 4 rings (SSSR count). The summed E-state index contributed by atoms with van der Waals surface area (Å²) in [5, 5.41) is 3.84. The van der Waals surface area contributed by atoms with Crippen LogP contribution in [-0.2, 0) is 16.1 Å². The van der Waals surface area contributed by atoms with Crippen molar-refractivity contribution in [3.63, 3.8) is 0 Å². The topological polar surface area (TPSA) is 63.9 Å². The zero-order valence-corrected chi connectivity index (χ0v) is 16.9. The molecule has 1 aromatic heterocycles. The van der Waals surface area contributed by atoms with Gasteiger partial charge in [-0.05, 0) is 23.8 Å². The number of morpholine rings is 1. The van der Waals surface area contributed by atoms with Crippen LogP contribution in [-0.4, -0.2) is 50.8 Å². The average molecular weight is 412 g/mol. The fourth-order valence-corrected chi connectivity index (χ4v) is 3.90. The van der Waals surface area contributed by atoms with E-state index in [0.717, 1.165) is 29.6 Å². The molecule has 0 aliphatic carbocycles. The second kappa shape index (κ2) is 9.38. The number of hydrogen-bond donors (Lipinski definition) is 1. The van der Waals surface area contributed by atoms with Gasteiger partial charge in [0.15, 0.2) is 5.76 Å². The van der Waals surface area contributed by atoms with Gasteiger partial charge in [-0.1, -0.05) is 30.3 Å². The van der Waals surface area contributed by atoms with Gasteiger partial charge in [-0.3, -0.25) is 9.69 Å². The molecule has 1 atom stereocenters. The number of halogens is 1. The number of hydrogen-bond acceptors (Lipinski definition) is 5. The lowest BCUT2D eigenvalue weighted by Gasteiger charge is -2.34. The zero-order chi connectivity index (χ0) is 20.9. The van der Waals surface area contributed by atoms with Crippen LogP contribution in [0, 0.1) is 5.82 Å². The maximum absolute atomic E-state index is 13.9. The number of methoxy groups -OCH3 is 1. The molecule has 1 fully saturated rings. The molecule has 3 aromatic rings. The second-order valence-electron chi connectivity index (χ2n) is 7.27. The normalized spacial score (nSPS) is 15.9. The Balaban J connectivity index is 1.57. The van der Waals surface area contributed by atoms with Gasteiger partial charge < -0.3 is 19.2 Å². The number of benzene rings is 2. The number of para-hydroxylation sites is 1. The molecule has 0 saturated carbocycles. The molecular formula is C23H25FN2O4. The molecule has 158 valence electrons. The molecule has 2 aromatic carbocycles. The number of carbonyl (C=O) groups is 1. The number of carbonyl (C=O) groups excluding carboxylic acids is 1. The first-order chi connectivity index (χ1) is 14.7. The lowest BCUT2D eigenvalue weighted by Crippen LogP contribution is -2.43. The van der Waals surface area contributed by atoms with Crippen molar-refractivity contribution in [3.05, 3.63) is 71.2 Å². The fourth-order valence-electron chi connectivity index (χ4n) is 3.90. The summed E-state index contributed by atoms with van der Waals surface area (Å²) in [5.41, 5.74) is 2.18. The minimum absolute atomic E-state index is 0.163. The van der Waals surface area contributed by atoms with Gasteiger partial charge >= 0.3 is 0 Å². The molecule has 1 unspecified atom stereocenters. The molecule has 1 N–H and O–H groups in total. The third kappa shape index (κ3) is 4.38. The zero-order valence-electron chi connectivity index (χ0n) is 16.9. The molecule has 30 heavy (non-hydrogen) atoms. The first-order valence-corrected chi connectivity index (χ1v) is 10.0. The maximum Gasteiger partial charge on any atom is 0.287 e. The highest BCUT2D eigenvalue weighted by Crippen LogP contribution is 2.27. The third-order valence-corrected chi connectivity index (χ3v) is 5.37. The van der Waals surface area contributed by atoms with Crippen molar-refractivity contribution in [2.24, 2.45) is 0 Å². The molecule has 1 amide bonds. The van der Waals surface area contributed by atoms with Crippen molar-refractivity contribution < 1.29 is 23.1 Å². The van der Waals surface area contributed by atoms with E-state index in [-0.39, 0.29) is 30.1 Å². The summed E-state index contributed by atoms with van der Waals surface area (Å²) in [5.74, 6) is -0.359. The van der Waals surface area contributed by atoms with Crippen LogP contribution in [0.25, 0.3) is 11.0 Å². The van der Waals surface area contributed by atoms with Crippen molar-refractivity contribution in [1.29, 1.82) is 0 Å². The van der Waals surface area contributed by atoms with Gasteiger partial charge in [-0.25, -0.2) is 4.39 Å². The van der Waals surface area contributed by atoms with Gasteiger partial charge in [0, 0.05) is 37.7 Å². The van der Waals surface area contributed by atoms with Gasteiger partial charge in [0.2, 0.25) is 0 Å². The predicted octanol–water partition coefficient (Wildman–Crippen LogP) is 3.52. The van der Waals surface area contributed by atoms with Gasteiger partial charge in [0.05, 0.1) is 25.9 Å². The fraction of sp³-hybridized carbons (Fsp3) is 0.348. The van der Waals surface area contributed by atoms with E-state index in [4.69, 9.17) is 13.9 Å². The van der Waals surface area contributed by atoms with E-state index < -0.39 is 0 Å². The Morgan fingerprint density at radius 1 is 1.20 bits per heavy atom. The molecule has 7 heteroatoms. The highest BCUT2D eigenvalue weighted by Gasteiger charge is 2.26. The lowest BCUT2D eigenvalue weighted by molar-refractivity contribution is 0.0161. The summed E-state index contributed by atoms with van der Waals surface area (Å²) in [6.07, 6.45) is 0. The first kappa shape index (κ1) is 20.5. The standard InChI is InChI=1S/C23H25FN2O4/c1-28-15-19-18-7-2-3-8-21(18)30-22(19)23(27)25-14-20(26-9-11-29-12-10-26)16-5-4-6-17(24)13-16/h2-8,13,20H,9-12,14-15H2,1H3,(H,25,27). The number of rotatable bonds is 7. The minimum atomic E-state index is -0.312. The molecule has 1 aliphatic heterocycles. The lowest BCUT2D eigenvalue weighted by atomic mass is 10.0. The predicted molar refractivity (Wildman–Crippen MR) is 111 cm³/mol. The molecule has 0 bridgehead atoms. The monoisotopic (exact) mass is 412 g/mol. The van der Waals surface area contributed by atoms with Crippen LogP contribution in [0.3, 0.4) is 0 Å². The van der Waals surface area contributed by atoms with Crippen LogP contribution in [0.5, 0.6) is 0 Å². The maximum atomic E-state index is 13.9. The Kier molecular flexibility index (Phi) is 6.42. The smallest absolute Gasteiger partial charge is 0.287 e. The number of ether oxygens (including phenoxy) is 2. The van der Waals surface area contributed by atoms with E-state index in [0.29, 0.717) is 25.3 Å². The molecule has 0 radical (unpaired) electrons. The Morgan fingerprint density at radius 3 is 2.77 bits per heavy atom. The Morgan fingerprint density at radius 2 is 2.00 bits per heavy atom. The number of nitrogens with one attached hydrogen (secondary N) is 1. The highest BCUT2D eigenvalue weighted by molar-refractivity contribution is 5.99. The Labute approximate surface area is 174 Å². The van der Waals surface area contributed by atoms with Crippen LogP contribution in [0.2, 0.25) is 0 Å². The third-order valence-electron chi connectivity index (χ3n) is 5.37. The minimum Gasteiger partial charge on any atom is -0.451 e. The summed E-state index contributed by atoms with van der Waals surface area (Å²) in [7, 11) is 1.59. The molecular weight excluding hydrogens is 387 g/mol. The van der Waals surface area contributed by atoms with Crippen molar-refractivity contribution in [3.8, 4) is 0 Å². The number of nitrogens with zero attached hydrogens (tertiary/aromatic N) is 1. The van der Waals surface area contributed by atoms with Crippen LogP contribution in [0.15, 0.2) is 52.9 Å². The Hall–Kier alpha value is -2.74. The highest BCUT2D eigenvalue weighted by atomic mass is 19.1. The van der Waals surface area contributed by atoms with Crippen molar-refractivity contribution in [1.82, 2.24) is 10.2 Å². The Bertz CT molecular complexity index is 1010. The van der Waals surface area contributed by atoms with E-state index in [1.807, 2.05) is 30.3 Å². The van der Waals surface area contributed by atoms with Crippen LogP contribution in [0.4, 0.5) is 4.39 Å². The largest absolute Gasteiger partial charge is 0.451 e. The molecule has 1 aliphatic rings. The quantitative estimate of drug-likeness (QED) is 0.643. The van der Waals surface area contributed by atoms with Gasteiger partial charge in [0.1, 0.15) is 11.4 Å². The molecule has 0 spiro atoms. The van der Waals surface area contributed by atoms with Crippen LogP contribution < -0.4 is 5.32 Å². The van der Waals surface area contributed by atoms with Crippen molar-refractivity contribution in [2.45, 2.75) is 12.6 Å². The molecule has 1 saturated heterocycles. The summed E-state index contributed by atoms with van der Waals surface area (Å²) in [6.45, 7) is 3.26. The van der Waals surface area contributed by atoms with Gasteiger partial charge in [-0.2, -0.15) is 0 Å². The molecule has 2 heterocycles. The van der Waals surface area contributed by atoms with E-state index in [1.54, 1.807) is 13.2 Å². The SMILES string of the molecule is COCc1c(C(=O)NCC(c2cccc(F)c2)N2CCOCC2)oc2ccccc12. The molecule has 6 nitrogen and oxygen atoms in total. The van der Waals surface area contributed by atoms with E-state index in [1.165, 1.54) is 12.1 Å². The van der Waals surface area contributed by atoms with Crippen LogP contribution >= 0.6 is 0 Å². The summed E-state index contributed by atoms with van der Waals surface area (Å²) < 4.78 is 30.4. The summed E-state index contributed by atoms with van der Waals surface area (Å²) in [6, 6.07) is 13.8. The van der Waals surface area contributed by atoms with Gasteiger partial charge in [-0.15, -0.1) is 0 Å². The number of furan rings is 1. The second-order valence-corrected chi connectivity index (χ2v) is 7.27. The van der Waals surface area contributed by atoms with Crippen molar-refractivity contribution in [2.75, 3.05) is 40.0 Å². The van der Waals surface area contributed by atoms with Crippen molar-refractivity contribution >= 4 is 16.9 Å². The van der Waals surface area contributed by atoms with Gasteiger partial charge in [0.25, 0.3) is 5.91 Å².